The highest BCUT2D eigenvalue weighted by molar-refractivity contribution is 5.89. The minimum atomic E-state index is -0.00874. The van der Waals surface area contributed by atoms with E-state index in [9.17, 15) is 0 Å². The van der Waals surface area contributed by atoms with Gasteiger partial charge in [-0.25, -0.2) is 0 Å². The van der Waals surface area contributed by atoms with E-state index in [1.807, 2.05) is 13.0 Å². The van der Waals surface area contributed by atoms with Crippen LogP contribution in [0.5, 0.6) is 0 Å². The monoisotopic (exact) mass is 260 g/mol. The van der Waals surface area contributed by atoms with Crippen molar-refractivity contribution in [3.05, 3.63) is 35.9 Å². The number of nitrogens with zero attached hydrogens (tertiary/aromatic N) is 2. The predicted octanol–water partition coefficient (Wildman–Crippen LogP) is 3.28. The van der Waals surface area contributed by atoms with Crippen LogP contribution in [0.15, 0.2) is 35.3 Å². The molecule has 1 aliphatic rings. The number of rotatable bonds is 7. The van der Waals surface area contributed by atoms with Crippen molar-refractivity contribution in [1.82, 2.24) is 4.90 Å². The normalized spacial score (nSPS) is 16.5. The van der Waals surface area contributed by atoms with Gasteiger partial charge in [-0.05, 0) is 18.9 Å². The first kappa shape index (κ1) is 14.1. The summed E-state index contributed by atoms with van der Waals surface area (Å²) in [6.07, 6.45) is 2.42. The number of ether oxygens (including phenoxy) is 1. The fraction of sp³-hybridized carbons (Fsp3) is 0.562. The van der Waals surface area contributed by atoms with Gasteiger partial charge in [-0.15, -0.1) is 0 Å². The van der Waals surface area contributed by atoms with Gasteiger partial charge in [0.05, 0.1) is 6.54 Å². The zero-order valence-electron chi connectivity index (χ0n) is 12.0. The minimum Gasteiger partial charge on any atom is -0.366 e. The quantitative estimate of drug-likeness (QED) is 0.751. The van der Waals surface area contributed by atoms with Gasteiger partial charge in [0, 0.05) is 19.7 Å². The molecule has 1 aliphatic heterocycles. The van der Waals surface area contributed by atoms with Crippen LogP contribution in [0.1, 0.15) is 38.4 Å². The number of hydrogen-bond donors (Lipinski definition) is 0. The van der Waals surface area contributed by atoms with Gasteiger partial charge in [0.25, 0.3) is 0 Å². The third kappa shape index (κ3) is 3.57. The van der Waals surface area contributed by atoms with E-state index in [4.69, 9.17) is 4.74 Å². The Morgan fingerprint density at radius 2 is 2.05 bits per heavy atom. The second-order valence-corrected chi connectivity index (χ2v) is 4.83. The smallest absolute Gasteiger partial charge is 0.140 e. The summed E-state index contributed by atoms with van der Waals surface area (Å²) in [5.41, 5.74) is 1.20. The average molecular weight is 260 g/mol. The Hall–Kier alpha value is -1.35. The molecule has 3 heteroatoms. The van der Waals surface area contributed by atoms with E-state index >= 15 is 0 Å². The van der Waals surface area contributed by atoms with Crippen LogP contribution >= 0.6 is 0 Å². The molecule has 0 unspecified atom stereocenters. The summed E-state index contributed by atoms with van der Waals surface area (Å²) < 4.78 is 5.95. The lowest BCUT2D eigenvalue weighted by Crippen LogP contribution is -2.34. The molecule has 2 rings (SSSR count). The topological polar surface area (TPSA) is 24.8 Å². The Kier molecular flexibility index (Phi) is 5.40. The number of aliphatic imine (C=N–C) groups is 1. The van der Waals surface area contributed by atoms with Gasteiger partial charge >= 0.3 is 0 Å². The molecule has 0 spiro atoms. The highest BCUT2D eigenvalue weighted by Crippen LogP contribution is 2.23. The van der Waals surface area contributed by atoms with E-state index in [0.29, 0.717) is 6.61 Å². The van der Waals surface area contributed by atoms with Crippen LogP contribution in [-0.2, 0) is 4.74 Å². The van der Waals surface area contributed by atoms with Crippen molar-refractivity contribution in [2.75, 3.05) is 26.2 Å². The molecular formula is C16H24N2O. The first-order valence-electron chi connectivity index (χ1n) is 7.32. The molecule has 0 aliphatic carbocycles. The van der Waals surface area contributed by atoms with Crippen molar-refractivity contribution in [3.63, 3.8) is 0 Å². The maximum atomic E-state index is 5.95. The number of amidine groups is 1. The highest BCUT2D eigenvalue weighted by Gasteiger charge is 2.26. The maximum absolute atomic E-state index is 5.95. The van der Waals surface area contributed by atoms with Gasteiger partial charge in [-0.2, -0.15) is 0 Å². The summed E-state index contributed by atoms with van der Waals surface area (Å²) in [5.74, 6) is 1.11. The van der Waals surface area contributed by atoms with Gasteiger partial charge < -0.3 is 9.64 Å². The summed E-state index contributed by atoms with van der Waals surface area (Å²) in [5, 5.41) is 0. The molecule has 0 N–H and O–H groups in total. The molecule has 19 heavy (non-hydrogen) atoms. The van der Waals surface area contributed by atoms with E-state index in [-0.39, 0.29) is 6.10 Å². The van der Waals surface area contributed by atoms with Crippen LogP contribution in [0.25, 0.3) is 0 Å². The molecule has 0 saturated heterocycles. The number of hydrogen-bond acceptors (Lipinski definition) is 3. The zero-order chi connectivity index (χ0) is 13.5. The Morgan fingerprint density at radius 3 is 2.74 bits per heavy atom. The summed E-state index contributed by atoms with van der Waals surface area (Å²) in [4.78, 5) is 7.07. The molecule has 3 nitrogen and oxygen atoms in total. The van der Waals surface area contributed by atoms with Crippen LogP contribution in [0.3, 0.4) is 0 Å². The molecular weight excluding hydrogens is 236 g/mol. The molecule has 0 bridgehead atoms. The molecule has 1 aromatic rings. The van der Waals surface area contributed by atoms with E-state index in [0.717, 1.165) is 25.5 Å². The summed E-state index contributed by atoms with van der Waals surface area (Å²) in [6, 6.07) is 10.4. The number of unbranched alkanes of at least 4 members (excludes halogenated alkanes) is 1. The summed E-state index contributed by atoms with van der Waals surface area (Å²) in [7, 11) is 0. The van der Waals surface area contributed by atoms with E-state index in [2.05, 4.69) is 41.1 Å². The highest BCUT2D eigenvalue weighted by atomic mass is 16.5. The molecule has 104 valence electrons. The third-order valence-electron chi connectivity index (χ3n) is 3.42. The lowest BCUT2D eigenvalue weighted by molar-refractivity contribution is 0.102. The van der Waals surface area contributed by atoms with Crippen LogP contribution < -0.4 is 0 Å². The first-order valence-corrected chi connectivity index (χ1v) is 7.32. The summed E-state index contributed by atoms with van der Waals surface area (Å²) in [6.45, 7) is 8.00. The standard InChI is InChI=1S/C16H24N2O/c1-3-5-12-18-13-11-17-16(18)15(19-4-2)14-9-7-6-8-10-14/h6-10,15H,3-5,11-13H2,1-2H3/t15-/m1/s1. The molecule has 0 amide bonds. The van der Waals surface area contributed by atoms with Crippen molar-refractivity contribution < 1.29 is 4.74 Å². The van der Waals surface area contributed by atoms with Gasteiger partial charge in [-0.1, -0.05) is 43.7 Å². The van der Waals surface area contributed by atoms with Gasteiger partial charge in [0.2, 0.25) is 0 Å². The van der Waals surface area contributed by atoms with Crippen LogP contribution in [0.4, 0.5) is 0 Å². The predicted molar refractivity (Wildman–Crippen MR) is 79.6 cm³/mol. The summed E-state index contributed by atoms with van der Waals surface area (Å²) >= 11 is 0. The van der Waals surface area contributed by atoms with Crippen molar-refractivity contribution >= 4 is 5.84 Å². The van der Waals surface area contributed by atoms with Crippen LogP contribution in [0.2, 0.25) is 0 Å². The minimum absolute atomic E-state index is 0.00874. The van der Waals surface area contributed by atoms with Gasteiger partial charge in [-0.3, -0.25) is 4.99 Å². The van der Waals surface area contributed by atoms with Crippen molar-refractivity contribution in [2.45, 2.75) is 32.8 Å². The van der Waals surface area contributed by atoms with Gasteiger partial charge in [0.15, 0.2) is 0 Å². The molecule has 0 radical (unpaired) electrons. The second-order valence-electron chi connectivity index (χ2n) is 4.83. The molecule has 0 fully saturated rings. The van der Waals surface area contributed by atoms with Crippen molar-refractivity contribution in [2.24, 2.45) is 4.99 Å². The van der Waals surface area contributed by atoms with E-state index in [1.165, 1.54) is 18.4 Å². The Morgan fingerprint density at radius 1 is 1.26 bits per heavy atom. The van der Waals surface area contributed by atoms with Gasteiger partial charge in [0.1, 0.15) is 11.9 Å². The Labute approximate surface area is 116 Å². The molecule has 0 aromatic heterocycles. The third-order valence-corrected chi connectivity index (χ3v) is 3.42. The molecule has 1 heterocycles. The zero-order valence-corrected chi connectivity index (χ0v) is 12.0. The molecule has 1 aromatic carbocycles. The largest absolute Gasteiger partial charge is 0.366 e. The fourth-order valence-corrected chi connectivity index (χ4v) is 2.44. The second kappa shape index (κ2) is 7.29. The lowest BCUT2D eigenvalue weighted by Gasteiger charge is -2.26. The molecule has 0 saturated carbocycles. The number of benzene rings is 1. The average Bonchev–Trinajstić information content (AvgIpc) is 2.91. The Balaban J connectivity index is 2.14. The first-order chi connectivity index (χ1) is 9.36. The Bertz CT molecular complexity index is 402. The SMILES string of the molecule is CCCCN1CCN=C1[C@H](OCC)c1ccccc1. The van der Waals surface area contributed by atoms with E-state index < -0.39 is 0 Å². The fourth-order valence-electron chi connectivity index (χ4n) is 2.44. The maximum Gasteiger partial charge on any atom is 0.140 e. The van der Waals surface area contributed by atoms with E-state index in [1.54, 1.807) is 0 Å². The van der Waals surface area contributed by atoms with Crippen LogP contribution in [0, 0.1) is 0 Å². The van der Waals surface area contributed by atoms with Crippen molar-refractivity contribution in [1.29, 1.82) is 0 Å². The van der Waals surface area contributed by atoms with Crippen LogP contribution in [-0.4, -0.2) is 37.0 Å². The molecule has 1 atom stereocenters. The lowest BCUT2D eigenvalue weighted by atomic mass is 10.1. The van der Waals surface area contributed by atoms with Crippen molar-refractivity contribution in [3.8, 4) is 0 Å².